The predicted molar refractivity (Wildman–Crippen MR) is 156 cm³/mol. The maximum absolute atomic E-state index is 13.5. The van der Waals surface area contributed by atoms with Gasteiger partial charge in [0.2, 0.25) is 0 Å². The quantitative estimate of drug-likeness (QED) is 0.247. The number of carbonyl (C=O) groups is 3. The van der Waals surface area contributed by atoms with Gasteiger partial charge in [-0.05, 0) is 78.0 Å². The number of benzene rings is 2. The van der Waals surface area contributed by atoms with E-state index in [2.05, 4.69) is 0 Å². The van der Waals surface area contributed by atoms with Crippen molar-refractivity contribution in [1.29, 1.82) is 0 Å². The number of hydrogen-bond donors (Lipinski definition) is 0. The number of imide groups is 1. The van der Waals surface area contributed by atoms with Gasteiger partial charge in [0.05, 0.1) is 17.9 Å². The summed E-state index contributed by atoms with van der Waals surface area (Å²) in [4.78, 5) is 39.5. The standard InChI is InChI=1S/C30H35Cl2NO7/c1-28(2,3)39-26(35)33-23-15-20(32)9-11-21(23)22(25(33)34)14-18-13-19(31)10-12-24(18)37-16-30(7,8)17-38-27(36)40-29(4,5)6/h9-15H,16-17H2,1-8H3/b22-14-. The van der Waals surface area contributed by atoms with E-state index >= 15 is 0 Å². The highest BCUT2D eigenvalue weighted by Crippen LogP contribution is 2.41. The summed E-state index contributed by atoms with van der Waals surface area (Å²) in [6.07, 6.45) is 0.0504. The Kier molecular flexibility index (Phi) is 9.16. The van der Waals surface area contributed by atoms with E-state index in [1.54, 1.807) is 84.0 Å². The van der Waals surface area contributed by atoms with Gasteiger partial charge in [-0.25, -0.2) is 14.5 Å². The second-order valence-electron chi connectivity index (χ2n) is 12.2. The molecule has 0 atom stereocenters. The van der Waals surface area contributed by atoms with Crippen molar-refractivity contribution in [3.05, 3.63) is 57.6 Å². The zero-order valence-electron chi connectivity index (χ0n) is 24.0. The van der Waals surface area contributed by atoms with Gasteiger partial charge in [-0.1, -0.05) is 43.1 Å². The van der Waals surface area contributed by atoms with E-state index in [0.717, 1.165) is 4.90 Å². The summed E-state index contributed by atoms with van der Waals surface area (Å²) in [7, 11) is 0. The Morgan fingerprint density at radius 1 is 0.850 bits per heavy atom. The third-order valence-electron chi connectivity index (χ3n) is 5.36. The van der Waals surface area contributed by atoms with Crippen molar-refractivity contribution in [1.82, 2.24) is 0 Å². The number of carbonyl (C=O) groups excluding carboxylic acids is 3. The lowest BCUT2D eigenvalue weighted by molar-refractivity contribution is -0.112. The van der Waals surface area contributed by atoms with Crippen molar-refractivity contribution < 1.29 is 33.3 Å². The molecule has 2 aromatic rings. The van der Waals surface area contributed by atoms with Gasteiger partial charge < -0.3 is 18.9 Å². The average molecular weight is 593 g/mol. The van der Waals surface area contributed by atoms with Crippen molar-refractivity contribution >= 4 is 58.7 Å². The van der Waals surface area contributed by atoms with Crippen LogP contribution in [0, 0.1) is 5.41 Å². The topological polar surface area (TPSA) is 91.4 Å². The van der Waals surface area contributed by atoms with Crippen LogP contribution in [0.2, 0.25) is 10.0 Å². The van der Waals surface area contributed by atoms with Crippen molar-refractivity contribution in [2.75, 3.05) is 18.1 Å². The number of amides is 2. The molecule has 0 spiro atoms. The minimum Gasteiger partial charge on any atom is -0.492 e. The molecule has 0 N–H and O–H groups in total. The fourth-order valence-electron chi connectivity index (χ4n) is 3.66. The van der Waals surface area contributed by atoms with Crippen molar-refractivity contribution in [2.24, 2.45) is 5.41 Å². The van der Waals surface area contributed by atoms with Gasteiger partial charge in [0, 0.05) is 26.6 Å². The average Bonchev–Trinajstić information content (AvgIpc) is 3.05. The van der Waals surface area contributed by atoms with Gasteiger partial charge in [-0.15, -0.1) is 0 Å². The molecule has 1 aliphatic rings. The second-order valence-corrected chi connectivity index (χ2v) is 13.1. The van der Waals surface area contributed by atoms with E-state index in [1.807, 2.05) is 13.8 Å². The molecule has 40 heavy (non-hydrogen) atoms. The van der Waals surface area contributed by atoms with Gasteiger partial charge in [0.25, 0.3) is 5.91 Å². The minimum atomic E-state index is -0.809. The van der Waals surface area contributed by atoms with Crippen LogP contribution in [0.25, 0.3) is 11.6 Å². The highest BCUT2D eigenvalue weighted by molar-refractivity contribution is 6.42. The summed E-state index contributed by atoms with van der Waals surface area (Å²) in [5.41, 5.74) is -0.439. The SMILES string of the molecule is CC(C)(COC(=O)OC(C)(C)C)COc1ccc(Cl)cc1/C=C1\C(=O)N(C(=O)OC(C)(C)C)c2cc(Cl)ccc21. The van der Waals surface area contributed by atoms with E-state index in [1.165, 1.54) is 0 Å². The number of halogens is 2. The van der Waals surface area contributed by atoms with E-state index in [-0.39, 0.29) is 18.8 Å². The van der Waals surface area contributed by atoms with Gasteiger partial charge in [0.1, 0.15) is 23.6 Å². The van der Waals surface area contributed by atoms with E-state index in [9.17, 15) is 14.4 Å². The van der Waals surface area contributed by atoms with Crippen molar-refractivity contribution in [2.45, 2.75) is 66.6 Å². The molecule has 0 aliphatic carbocycles. The number of fused-ring (bicyclic) bond motifs is 1. The number of anilines is 1. The highest BCUT2D eigenvalue weighted by Gasteiger charge is 2.39. The minimum absolute atomic E-state index is 0.0589. The van der Waals surface area contributed by atoms with Crippen LogP contribution in [-0.4, -0.2) is 42.6 Å². The molecule has 3 rings (SSSR count). The molecular formula is C30H35Cl2NO7. The van der Waals surface area contributed by atoms with Gasteiger partial charge >= 0.3 is 12.2 Å². The lowest BCUT2D eigenvalue weighted by Crippen LogP contribution is -2.38. The number of hydrogen-bond acceptors (Lipinski definition) is 7. The molecule has 8 nitrogen and oxygen atoms in total. The first-order valence-corrected chi connectivity index (χ1v) is 13.5. The fraction of sp³-hybridized carbons (Fsp3) is 0.433. The summed E-state index contributed by atoms with van der Waals surface area (Å²) in [6.45, 7) is 14.4. The molecular weight excluding hydrogens is 557 g/mol. The summed E-state index contributed by atoms with van der Waals surface area (Å²) in [5, 5.41) is 0.793. The van der Waals surface area contributed by atoms with Crippen molar-refractivity contribution in [3.63, 3.8) is 0 Å². The third kappa shape index (κ3) is 8.38. The number of ether oxygens (including phenoxy) is 4. The molecule has 10 heteroatoms. The van der Waals surface area contributed by atoms with Crippen LogP contribution in [-0.2, 0) is 19.0 Å². The van der Waals surface area contributed by atoms with E-state index in [0.29, 0.717) is 32.6 Å². The lowest BCUT2D eigenvalue weighted by atomic mass is 9.96. The molecule has 0 aromatic heterocycles. The smallest absolute Gasteiger partial charge is 0.492 e. The molecule has 2 aromatic carbocycles. The third-order valence-corrected chi connectivity index (χ3v) is 5.83. The molecule has 216 valence electrons. The largest absolute Gasteiger partial charge is 0.508 e. The molecule has 0 bridgehead atoms. The Bertz CT molecular complexity index is 1340. The Hall–Kier alpha value is -3.23. The second kappa shape index (κ2) is 11.7. The first kappa shape index (κ1) is 31.3. The van der Waals surface area contributed by atoms with Crippen LogP contribution >= 0.6 is 23.2 Å². The van der Waals surface area contributed by atoms with Crippen LogP contribution < -0.4 is 9.64 Å². The molecule has 1 heterocycles. The van der Waals surface area contributed by atoms with E-state index in [4.69, 9.17) is 42.1 Å². The summed E-state index contributed by atoms with van der Waals surface area (Å²) >= 11 is 12.5. The molecule has 2 amide bonds. The van der Waals surface area contributed by atoms with Crippen LogP contribution in [0.5, 0.6) is 5.75 Å². The van der Waals surface area contributed by atoms with Gasteiger partial charge in [-0.3, -0.25) is 4.79 Å². The zero-order chi connectivity index (χ0) is 30.0. The predicted octanol–water partition coefficient (Wildman–Crippen LogP) is 8.17. The Morgan fingerprint density at radius 2 is 1.45 bits per heavy atom. The maximum Gasteiger partial charge on any atom is 0.508 e. The first-order chi connectivity index (χ1) is 18.3. The monoisotopic (exact) mass is 591 g/mol. The number of rotatable bonds is 6. The van der Waals surface area contributed by atoms with E-state index < -0.39 is 34.8 Å². The summed E-state index contributed by atoms with van der Waals surface area (Å²) < 4.78 is 22.1. The van der Waals surface area contributed by atoms with Crippen LogP contribution in [0.3, 0.4) is 0 Å². The molecule has 0 saturated carbocycles. The van der Waals surface area contributed by atoms with Crippen LogP contribution in [0.4, 0.5) is 15.3 Å². The first-order valence-electron chi connectivity index (χ1n) is 12.7. The molecule has 0 unspecified atom stereocenters. The maximum atomic E-state index is 13.5. The molecule has 1 aliphatic heterocycles. The summed E-state index contributed by atoms with van der Waals surface area (Å²) in [5.74, 6) is -0.121. The fourth-order valence-corrected chi connectivity index (χ4v) is 4.01. The normalized spacial score (nSPS) is 14.7. The Balaban J connectivity index is 1.88. The molecule has 0 saturated heterocycles. The van der Waals surface area contributed by atoms with Gasteiger partial charge in [-0.2, -0.15) is 0 Å². The highest BCUT2D eigenvalue weighted by atomic mass is 35.5. The Labute approximate surface area is 245 Å². The van der Waals surface area contributed by atoms with Crippen LogP contribution in [0.15, 0.2) is 36.4 Å². The van der Waals surface area contributed by atoms with Crippen molar-refractivity contribution in [3.8, 4) is 5.75 Å². The number of nitrogens with zero attached hydrogens (tertiary/aromatic N) is 1. The van der Waals surface area contributed by atoms with Crippen LogP contribution in [0.1, 0.15) is 66.5 Å². The molecule has 0 radical (unpaired) electrons. The summed E-state index contributed by atoms with van der Waals surface area (Å²) in [6, 6.07) is 9.87. The Morgan fingerprint density at radius 3 is 2.08 bits per heavy atom. The van der Waals surface area contributed by atoms with Gasteiger partial charge in [0.15, 0.2) is 0 Å². The molecule has 0 fully saturated rings. The lowest BCUT2D eigenvalue weighted by Gasteiger charge is -2.26. The zero-order valence-corrected chi connectivity index (χ0v) is 25.5.